The van der Waals surface area contributed by atoms with Crippen LogP contribution >= 0.6 is 0 Å². The van der Waals surface area contributed by atoms with Crippen LogP contribution in [0.5, 0.6) is 0 Å². The molecule has 2 heterocycles. The van der Waals surface area contributed by atoms with Crippen LogP contribution in [0.15, 0.2) is 30.5 Å². The van der Waals surface area contributed by atoms with E-state index >= 15 is 0 Å². The van der Waals surface area contributed by atoms with Crippen molar-refractivity contribution in [2.24, 2.45) is 7.05 Å². The molecular weight excluding hydrogens is 244 g/mol. The molecule has 2 aromatic rings. The molecule has 0 fully saturated rings. The SMILES string of the molecule is Cn1cc(C2=CCNCC2)c2cc(C(C)(C)C)ccc21. The van der Waals surface area contributed by atoms with Crippen LogP contribution in [-0.2, 0) is 12.5 Å². The number of aromatic nitrogens is 1. The van der Waals surface area contributed by atoms with Crippen LogP contribution in [0.4, 0.5) is 0 Å². The number of benzene rings is 1. The van der Waals surface area contributed by atoms with Gasteiger partial charge in [0, 0.05) is 36.3 Å². The number of fused-ring (bicyclic) bond motifs is 1. The van der Waals surface area contributed by atoms with E-state index in [0.29, 0.717) is 0 Å². The highest BCUT2D eigenvalue weighted by atomic mass is 14.9. The zero-order valence-electron chi connectivity index (χ0n) is 13.0. The fourth-order valence-electron chi connectivity index (χ4n) is 2.98. The third-order valence-corrected chi connectivity index (χ3v) is 4.27. The first-order valence-corrected chi connectivity index (χ1v) is 7.46. The van der Waals surface area contributed by atoms with Gasteiger partial charge in [-0.3, -0.25) is 0 Å². The monoisotopic (exact) mass is 268 g/mol. The van der Waals surface area contributed by atoms with E-state index in [0.717, 1.165) is 19.5 Å². The van der Waals surface area contributed by atoms with Gasteiger partial charge in [-0.25, -0.2) is 0 Å². The summed E-state index contributed by atoms with van der Waals surface area (Å²) in [5.41, 5.74) is 5.83. The Morgan fingerprint density at radius 3 is 2.65 bits per heavy atom. The van der Waals surface area contributed by atoms with Crippen molar-refractivity contribution >= 4 is 16.5 Å². The number of hydrogen-bond donors (Lipinski definition) is 1. The molecule has 0 saturated carbocycles. The Balaban J connectivity index is 2.19. The van der Waals surface area contributed by atoms with E-state index in [-0.39, 0.29) is 5.41 Å². The van der Waals surface area contributed by atoms with Gasteiger partial charge in [0.1, 0.15) is 0 Å². The van der Waals surface area contributed by atoms with E-state index < -0.39 is 0 Å². The van der Waals surface area contributed by atoms with Gasteiger partial charge in [0.15, 0.2) is 0 Å². The molecule has 0 radical (unpaired) electrons. The normalized spacial score (nSPS) is 16.5. The smallest absolute Gasteiger partial charge is 0.0484 e. The maximum atomic E-state index is 3.39. The zero-order chi connectivity index (χ0) is 14.3. The summed E-state index contributed by atoms with van der Waals surface area (Å²) in [6, 6.07) is 6.91. The molecule has 1 aliphatic rings. The quantitative estimate of drug-likeness (QED) is 0.831. The van der Waals surface area contributed by atoms with Crippen LogP contribution in [0, 0.1) is 0 Å². The number of aryl methyl sites for hydroxylation is 1. The van der Waals surface area contributed by atoms with Crippen molar-refractivity contribution in [2.45, 2.75) is 32.6 Å². The average molecular weight is 268 g/mol. The maximum absolute atomic E-state index is 3.39. The van der Waals surface area contributed by atoms with Crippen LogP contribution in [0.25, 0.3) is 16.5 Å². The molecule has 0 atom stereocenters. The molecule has 2 heteroatoms. The van der Waals surface area contributed by atoms with E-state index in [4.69, 9.17) is 0 Å². The minimum atomic E-state index is 0.198. The Kier molecular flexibility index (Phi) is 3.21. The number of hydrogen-bond acceptors (Lipinski definition) is 1. The minimum Gasteiger partial charge on any atom is -0.350 e. The Bertz CT molecular complexity index is 669. The Hall–Kier alpha value is -1.54. The van der Waals surface area contributed by atoms with Gasteiger partial charge in [0.2, 0.25) is 0 Å². The van der Waals surface area contributed by atoms with Gasteiger partial charge in [0.25, 0.3) is 0 Å². The highest BCUT2D eigenvalue weighted by Gasteiger charge is 2.17. The molecule has 20 heavy (non-hydrogen) atoms. The molecule has 0 amide bonds. The van der Waals surface area contributed by atoms with E-state index in [1.165, 1.54) is 27.6 Å². The van der Waals surface area contributed by atoms with Crippen molar-refractivity contribution in [2.75, 3.05) is 13.1 Å². The van der Waals surface area contributed by atoms with Gasteiger partial charge in [-0.05, 0) is 41.6 Å². The van der Waals surface area contributed by atoms with Gasteiger partial charge in [0.05, 0.1) is 0 Å². The summed E-state index contributed by atoms with van der Waals surface area (Å²) in [5.74, 6) is 0. The van der Waals surface area contributed by atoms with E-state index in [1.807, 2.05) is 0 Å². The average Bonchev–Trinajstić information content (AvgIpc) is 2.76. The van der Waals surface area contributed by atoms with Crippen LogP contribution in [-0.4, -0.2) is 17.7 Å². The Morgan fingerprint density at radius 2 is 2.00 bits per heavy atom. The highest BCUT2D eigenvalue weighted by molar-refractivity contribution is 5.94. The molecule has 106 valence electrons. The molecule has 1 aliphatic heterocycles. The van der Waals surface area contributed by atoms with Gasteiger partial charge in [-0.15, -0.1) is 0 Å². The van der Waals surface area contributed by atoms with Crippen LogP contribution in [0.2, 0.25) is 0 Å². The second-order valence-electron chi connectivity index (χ2n) is 6.82. The molecule has 0 bridgehead atoms. The number of nitrogens with one attached hydrogen (secondary N) is 1. The summed E-state index contributed by atoms with van der Waals surface area (Å²) in [6.45, 7) is 8.91. The number of rotatable bonds is 1. The summed E-state index contributed by atoms with van der Waals surface area (Å²) < 4.78 is 2.25. The standard InChI is InChI=1S/C18H24N2/c1-18(2,3)14-5-6-17-15(11-14)16(12-20(17)4)13-7-9-19-10-8-13/h5-7,11-12,19H,8-10H2,1-4H3. The molecule has 3 rings (SSSR count). The molecule has 1 N–H and O–H groups in total. The van der Waals surface area contributed by atoms with Crippen molar-refractivity contribution in [3.63, 3.8) is 0 Å². The Labute approximate surface area is 121 Å². The first-order chi connectivity index (χ1) is 9.47. The third-order valence-electron chi connectivity index (χ3n) is 4.27. The maximum Gasteiger partial charge on any atom is 0.0484 e. The summed E-state index contributed by atoms with van der Waals surface area (Å²) in [6.07, 6.45) is 5.75. The molecule has 0 aliphatic carbocycles. The van der Waals surface area contributed by atoms with E-state index in [2.05, 4.69) is 68.2 Å². The summed E-state index contributed by atoms with van der Waals surface area (Å²) >= 11 is 0. The molecular formula is C18H24N2. The highest BCUT2D eigenvalue weighted by Crippen LogP contribution is 2.33. The van der Waals surface area contributed by atoms with Crippen molar-refractivity contribution in [3.8, 4) is 0 Å². The molecule has 1 aromatic heterocycles. The molecule has 0 saturated heterocycles. The number of nitrogens with zero attached hydrogens (tertiary/aromatic N) is 1. The van der Waals surface area contributed by atoms with Crippen molar-refractivity contribution in [1.82, 2.24) is 9.88 Å². The van der Waals surface area contributed by atoms with Crippen LogP contribution in [0.3, 0.4) is 0 Å². The van der Waals surface area contributed by atoms with Crippen LogP contribution < -0.4 is 5.32 Å². The fourth-order valence-corrected chi connectivity index (χ4v) is 2.98. The van der Waals surface area contributed by atoms with Crippen molar-refractivity contribution in [1.29, 1.82) is 0 Å². The van der Waals surface area contributed by atoms with Crippen molar-refractivity contribution < 1.29 is 0 Å². The predicted molar refractivity (Wildman–Crippen MR) is 87.1 cm³/mol. The lowest BCUT2D eigenvalue weighted by Crippen LogP contribution is -2.19. The first kappa shape index (κ1) is 13.4. The lowest BCUT2D eigenvalue weighted by atomic mass is 9.86. The van der Waals surface area contributed by atoms with Crippen LogP contribution in [0.1, 0.15) is 38.3 Å². The van der Waals surface area contributed by atoms with Gasteiger partial charge in [-0.1, -0.05) is 32.9 Å². The zero-order valence-corrected chi connectivity index (χ0v) is 13.0. The van der Waals surface area contributed by atoms with Gasteiger partial charge in [-0.2, -0.15) is 0 Å². The topological polar surface area (TPSA) is 17.0 Å². The van der Waals surface area contributed by atoms with Crippen molar-refractivity contribution in [3.05, 3.63) is 41.6 Å². The lowest BCUT2D eigenvalue weighted by Gasteiger charge is -2.19. The molecule has 0 unspecified atom stereocenters. The predicted octanol–water partition coefficient (Wildman–Crippen LogP) is 3.85. The van der Waals surface area contributed by atoms with E-state index in [9.17, 15) is 0 Å². The molecule has 0 spiro atoms. The second kappa shape index (κ2) is 4.78. The summed E-state index contributed by atoms with van der Waals surface area (Å²) in [7, 11) is 2.14. The molecule has 1 aromatic carbocycles. The lowest BCUT2D eigenvalue weighted by molar-refractivity contribution is 0.591. The van der Waals surface area contributed by atoms with Gasteiger partial charge >= 0.3 is 0 Å². The Morgan fingerprint density at radius 1 is 1.20 bits per heavy atom. The third kappa shape index (κ3) is 2.29. The van der Waals surface area contributed by atoms with Gasteiger partial charge < -0.3 is 9.88 Å². The summed E-state index contributed by atoms with van der Waals surface area (Å²) in [5, 5.41) is 4.79. The first-order valence-electron chi connectivity index (χ1n) is 7.46. The second-order valence-corrected chi connectivity index (χ2v) is 6.82. The fraction of sp³-hybridized carbons (Fsp3) is 0.444. The molecule has 2 nitrogen and oxygen atoms in total. The van der Waals surface area contributed by atoms with E-state index in [1.54, 1.807) is 0 Å². The largest absolute Gasteiger partial charge is 0.350 e. The summed E-state index contributed by atoms with van der Waals surface area (Å²) in [4.78, 5) is 0. The minimum absolute atomic E-state index is 0.198.